The van der Waals surface area contributed by atoms with Gasteiger partial charge in [0.05, 0.1) is 9.95 Å². The van der Waals surface area contributed by atoms with Crippen LogP contribution in [0.3, 0.4) is 0 Å². The zero-order chi connectivity index (χ0) is 21.5. The van der Waals surface area contributed by atoms with E-state index in [2.05, 4.69) is 26.1 Å². The van der Waals surface area contributed by atoms with Gasteiger partial charge >= 0.3 is 5.69 Å². The summed E-state index contributed by atoms with van der Waals surface area (Å²) in [5.41, 5.74) is 4.85. The molecule has 30 heavy (non-hydrogen) atoms. The lowest BCUT2D eigenvalue weighted by Crippen LogP contribution is -2.34. The van der Waals surface area contributed by atoms with E-state index >= 15 is 0 Å². The molecule has 10 nitrogen and oxygen atoms in total. The lowest BCUT2D eigenvalue weighted by molar-refractivity contribution is -0.383. The van der Waals surface area contributed by atoms with Crippen LogP contribution in [-0.4, -0.2) is 27.4 Å². The molecule has 1 amide bonds. The molecule has 3 N–H and O–H groups in total. The van der Waals surface area contributed by atoms with E-state index in [1.165, 1.54) is 12.1 Å². The fraction of sp³-hybridized carbons (Fsp3) is 0.0556. The summed E-state index contributed by atoms with van der Waals surface area (Å²) in [5.74, 6) is -0.599. The zero-order valence-corrected chi connectivity index (χ0v) is 16.6. The maximum Gasteiger partial charge on any atom is 0.355 e. The average Bonchev–Trinajstić information content (AvgIpc) is 2.72. The SMILES string of the molecule is O=C(COc1ccc(Cl)cc1Cl)NNc1ncnc(Nc2ccccc2)c1[N+](=O)[O-]. The largest absolute Gasteiger partial charge is 0.482 e. The van der Waals surface area contributed by atoms with Crippen molar-refractivity contribution in [1.29, 1.82) is 0 Å². The molecule has 0 spiro atoms. The van der Waals surface area contributed by atoms with Gasteiger partial charge in [-0.3, -0.25) is 25.8 Å². The number of aromatic nitrogens is 2. The van der Waals surface area contributed by atoms with Gasteiger partial charge in [-0.2, -0.15) is 0 Å². The van der Waals surface area contributed by atoms with E-state index in [-0.39, 0.29) is 22.4 Å². The van der Waals surface area contributed by atoms with Crippen molar-refractivity contribution in [3.05, 3.63) is 75.0 Å². The van der Waals surface area contributed by atoms with Gasteiger partial charge in [0.25, 0.3) is 5.91 Å². The zero-order valence-electron chi connectivity index (χ0n) is 15.1. The Bertz CT molecular complexity index is 1070. The molecule has 3 rings (SSSR count). The molecule has 0 saturated carbocycles. The highest BCUT2D eigenvalue weighted by atomic mass is 35.5. The fourth-order valence-corrected chi connectivity index (χ4v) is 2.76. The third-order valence-electron chi connectivity index (χ3n) is 3.61. The molecule has 0 aliphatic carbocycles. The number of ether oxygens (including phenoxy) is 1. The lowest BCUT2D eigenvalue weighted by Gasteiger charge is -2.12. The van der Waals surface area contributed by atoms with E-state index in [1.807, 2.05) is 0 Å². The fourth-order valence-electron chi connectivity index (χ4n) is 2.29. The second-order valence-corrected chi connectivity index (χ2v) is 6.55. The van der Waals surface area contributed by atoms with Crippen molar-refractivity contribution in [1.82, 2.24) is 15.4 Å². The summed E-state index contributed by atoms with van der Waals surface area (Å²) in [6, 6.07) is 13.3. The minimum absolute atomic E-state index is 0.0397. The second kappa shape index (κ2) is 9.72. The average molecular weight is 449 g/mol. The molecule has 1 heterocycles. The van der Waals surface area contributed by atoms with Gasteiger partial charge in [-0.15, -0.1) is 0 Å². The van der Waals surface area contributed by atoms with Crippen molar-refractivity contribution in [3.63, 3.8) is 0 Å². The number of carbonyl (C=O) groups is 1. The molecule has 0 atom stereocenters. The van der Waals surface area contributed by atoms with Crippen LogP contribution >= 0.6 is 23.2 Å². The van der Waals surface area contributed by atoms with Gasteiger partial charge < -0.3 is 10.1 Å². The summed E-state index contributed by atoms with van der Waals surface area (Å²) < 4.78 is 5.30. The number of benzene rings is 2. The normalized spacial score (nSPS) is 10.2. The molecule has 0 radical (unpaired) electrons. The summed E-state index contributed by atoms with van der Waals surface area (Å²) in [4.78, 5) is 30.6. The third kappa shape index (κ3) is 5.46. The van der Waals surface area contributed by atoms with Gasteiger partial charge in [0.15, 0.2) is 6.61 Å². The Kier molecular flexibility index (Phi) is 6.83. The Morgan fingerprint density at radius 2 is 1.83 bits per heavy atom. The van der Waals surface area contributed by atoms with Crippen LogP contribution in [-0.2, 0) is 4.79 Å². The molecule has 2 aromatic carbocycles. The molecule has 0 fully saturated rings. The van der Waals surface area contributed by atoms with Crippen LogP contribution in [0.4, 0.5) is 23.0 Å². The number of para-hydroxylation sites is 1. The topological polar surface area (TPSA) is 131 Å². The number of anilines is 3. The summed E-state index contributed by atoms with van der Waals surface area (Å²) in [6.07, 6.45) is 1.12. The van der Waals surface area contributed by atoms with Crippen LogP contribution in [0, 0.1) is 10.1 Å². The summed E-state index contributed by atoms with van der Waals surface area (Å²) in [6.45, 7) is -0.400. The number of hydrogen-bond acceptors (Lipinski definition) is 8. The number of nitrogens with one attached hydrogen (secondary N) is 3. The highest BCUT2D eigenvalue weighted by Gasteiger charge is 2.23. The second-order valence-electron chi connectivity index (χ2n) is 5.70. The van der Waals surface area contributed by atoms with Gasteiger partial charge in [-0.05, 0) is 30.3 Å². The van der Waals surface area contributed by atoms with Crippen molar-refractivity contribution in [2.45, 2.75) is 0 Å². The van der Waals surface area contributed by atoms with E-state index < -0.39 is 23.1 Å². The number of nitro groups is 1. The number of halogens is 2. The Labute approximate surface area is 180 Å². The Morgan fingerprint density at radius 3 is 2.53 bits per heavy atom. The third-order valence-corrected chi connectivity index (χ3v) is 4.14. The number of hydrazine groups is 1. The van der Waals surface area contributed by atoms with Gasteiger partial charge in [-0.1, -0.05) is 41.4 Å². The van der Waals surface area contributed by atoms with Crippen molar-refractivity contribution in [2.75, 3.05) is 17.3 Å². The first-order chi connectivity index (χ1) is 14.4. The number of hydrogen-bond donors (Lipinski definition) is 3. The summed E-state index contributed by atoms with van der Waals surface area (Å²) in [5, 5.41) is 15.0. The number of rotatable bonds is 8. The first-order valence-corrected chi connectivity index (χ1v) is 9.14. The maximum atomic E-state index is 12.0. The smallest absolute Gasteiger partial charge is 0.355 e. The van der Waals surface area contributed by atoms with E-state index in [9.17, 15) is 14.9 Å². The van der Waals surface area contributed by atoms with Crippen molar-refractivity contribution >= 4 is 52.1 Å². The minimum atomic E-state index is -0.663. The molecule has 3 aromatic rings. The van der Waals surface area contributed by atoms with Crippen molar-refractivity contribution in [2.24, 2.45) is 0 Å². The maximum absolute atomic E-state index is 12.0. The van der Waals surface area contributed by atoms with E-state index in [1.54, 1.807) is 36.4 Å². The monoisotopic (exact) mass is 448 g/mol. The van der Waals surface area contributed by atoms with E-state index in [0.29, 0.717) is 10.7 Å². The van der Waals surface area contributed by atoms with Crippen molar-refractivity contribution in [3.8, 4) is 5.75 Å². The predicted octanol–water partition coefficient (Wildman–Crippen LogP) is 3.96. The van der Waals surface area contributed by atoms with Crippen LogP contribution in [0.1, 0.15) is 0 Å². The van der Waals surface area contributed by atoms with Gasteiger partial charge in [-0.25, -0.2) is 9.97 Å². The molecule has 0 aliphatic heterocycles. The molecule has 0 aliphatic rings. The molecule has 0 unspecified atom stereocenters. The predicted molar refractivity (Wildman–Crippen MR) is 112 cm³/mol. The lowest BCUT2D eigenvalue weighted by atomic mass is 10.3. The number of carbonyl (C=O) groups excluding carboxylic acids is 1. The molecule has 0 bridgehead atoms. The first-order valence-electron chi connectivity index (χ1n) is 8.38. The van der Waals surface area contributed by atoms with Crippen LogP contribution in [0.25, 0.3) is 0 Å². The molecular formula is C18H14Cl2N6O4. The number of amides is 1. The van der Waals surface area contributed by atoms with Crippen LogP contribution in [0.5, 0.6) is 5.75 Å². The van der Waals surface area contributed by atoms with E-state index in [4.69, 9.17) is 27.9 Å². The number of nitrogens with zero attached hydrogens (tertiary/aromatic N) is 3. The Hall–Kier alpha value is -3.63. The van der Waals surface area contributed by atoms with Crippen LogP contribution in [0.2, 0.25) is 10.0 Å². The van der Waals surface area contributed by atoms with Gasteiger partial charge in [0.2, 0.25) is 11.6 Å². The Morgan fingerprint density at radius 1 is 1.10 bits per heavy atom. The highest BCUT2D eigenvalue weighted by Crippen LogP contribution is 2.30. The summed E-state index contributed by atoms with van der Waals surface area (Å²) in [7, 11) is 0. The molecular weight excluding hydrogens is 435 g/mol. The quantitative estimate of drug-likeness (QED) is 0.348. The van der Waals surface area contributed by atoms with Gasteiger partial charge in [0.1, 0.15) is 12.1 Å². The summed E-state index contributed by atoms with van der Waals surface area (Å²) >= 11 is 11.8. The highest BCUT2D eigenvalue weighted by molar-refractivity contribution is 6.35. The minimum Gasteiger partial charge on any atom is -0.482 e. The van der Waals surface area contributed by atoms with Crippen LogP contribution in [0.15, 0.2) is 54.9 Å². The van der Waals surface area contributed by atoms with Crippen LogP contribution < -0.4 is 20.9 Å². The molecule has 1 aromatic heterocycles. The molecule has 12 heteroatoms. The first kappa shape index (κ1) is 21.1. The van der Waals surface area contributed by atoms with Crippen molar-refractivity contribution < 1.29 is 14.5 Å². The molecule has 0 saturated heterocycles. The van der Waals surface area contributed by atoms with Gasteiger partial charge in [0, 0.05) is 10.7 Å². The Balaban J connectivity index is 1.66. The molecule has 154 valence electrons. The van der Waals surface area contributed by atoms with E-state index in [0.717, 1.165) is 6.33 Å². The standard InChI is InChI=1S/C18H14Cl2N6O4/c19-11-6-7-14(13(20)8-11)30-9-15(27)24-25-18-16(26(28)29)17(21-10-22-18)23-12-4-2-1-3-5-12/h1-8,10H,9H2,(H,24,27)(H2,21,22,23,25).